The van der Waals surface area contributed by atoms with E-state index in [-0.39, 0.29) is 36.9 Å². The van der Waals surface area contributed by atoms with Gasteiger partial charge >= 0.3 is 24.4 Å². The third-order valence-electron chi connectivity index (χ3n) is 10.3. The molecule has 0 bridgehead atoms. The van der Waals surface area contributed by atoms with Gasteiger partial charge in [0.05, 0.1) is 37.3 Å². The third-order valence-corrected chi connectivity index (χ3v) is 10.3. The van der Waals surface area contributed by atoms with Crippen LogP contribution in [0.3, 0.4) is 0 Å². The van der Waals surface area contributed by atoms with E-state index in [0.29, 0.717) is 26.0 Å². The molecule has 0 saturated heterocycles. The number of ether oxygens (including phenoxy) is 5. The number of rotatable bonds is 10. The van der Waals surface area contributed by atoms with Crippen LogP contribution in [0.1, 0.15) is 157 Å². The SMILES string of the molecule is CC(=O)CC1(C)c2ccc(CO)cc2CCN1C(=O)OC(C)(C)C.CC(C)(C)OC(=O)OC(=O)OC(C)(C)C.CCN(CC)CC.CCOC(=O)CC1(C)NCCc2cc(CO)ccc21. The fourth-order valence-electron chi connectivity index (χ4n) is 7.39. The number of hydrogen-bond donors (Lipinski definition) is 3. The van der Waals surface area contributed by atoms with E-state index >= 15 is 0 Å². The molecule has 2 aliphatic heterocycles. The number of esters is 1. The van der Waals surface area contributed by atoms with Crippen LogP contribution < -0.4 is 5.32 Å². The molecule has 0 aromatic heterocycles. The Kier molecular flexibility index (Phi) is 23.3. The van der Waals surface area contributed by atoms with Gasteiger partial charge in [0.25, 0.3) is 0 Å². The Morgan fingerprint density at radius 2 is 1.15 bits per heavy atom. The summed E-state index contributed by atoms with van der Waals surface area (Å²) in [6.07, 6.45) is -0.363. The summed E-state index contributed by atoms with van der Waals surface area (Å²) in [6.45, 7) is 34.7. The largest absolute Gasteiger partial charge is 0.519 e. The highest BCUT2D eigenvalue weighted by Crippen LogP contribution is 2.40. The van der Waals surface area contributed by atoms with Gasteiger partial charge in [0.15, 0.2) is 0 Å². The number of benzene rings is 2. The lowest BCUT2D eigenvalue weighted by Gasteiger charge is -2.46. The van der Waals surface area contributed by atoms with E-state index in [1.165, 1.54) is 32.1 Å². The molecular weight excluding hydrogens is 835 g/mol. The number of aliphatic hydroxyl groups excluding tert-OH is 2. The number of nitrogens with zero attached hydrogens (tertiary/aromatic N) is 2. The van der Waals surface area contributed by atoms with Crippen LogP contribution in [0.25, 0.3) is 0 Å². The summed E-state index contributed by atoms with van der Waals surface area (Å²) in [5.74, 6) is -0.165. The number of carbonyl (C=O) groups excluding carboxylic acids is 5. The second-order valence-electron chi connectivity index (χ2n) is 19.5. The number of amides is 1. The Morgan fingerprint density at radius 1 is 0.692 bits per heavy atom. The lowest BCUT2D eigenvalue weighted by Crippen LogP contribution is -2.53. The van der Waals surface area contributed by atoms with Gasteiger partial charge in [-0.2, -0.15) is 0 Å². The molecule has 2 aromatic rings. The maximum atomic E-state index is 12.7. The average molecular weight is 916 g/mol. The summed E-state index contributed by atoms with van der Waals surface area (Å²) in [6, 6.07) is 11.7. The van der Waals surface area contributed by atoms with Crippen LogP contribution in [-0.4, -0.2) is 106 Å². The molecule has 3 N–H and O–H groups in total. The van der Waals surface area contributed by atoms with Crippen LogP contribution in [-0.2, 0) is 70.4 Å². The molecule has 15 nitrogen and oxygen atoms in total. The molecule has 65 heavy (non-hydrogen) atoms. The molecule has 2 atom stereocenters. The minimum absolute atomic E-state index is 0.0187. The fourth-order valence-corrected chi connectivity index (χ4v) is 7.39. The molecule has 4 rings (SSSR count). The number of fused-ring (bicyclic) bond motifs is 2. The van der Waals surface area contributed by atoms with Gasteiger partial charge in [-0.3, -0.25) is 14.5 Å². The molecule has 0 spiro atoms. The zero-order chi connectivity index (χ0) is 50.0. The van der Waals surface area contributed by atoms with Crippen LogP contribution in [0.5, 0.6) is 0 Å². The van der Waals surface area contributed by atoms with Crippen molar-refractivity contribution in [2.24, 2.45) is 0 Å². The molecule has 2 aliphatic rings. The molecule has 0 saturated carbocycles. The quantitative estimate of drug-likeness (QED) is 0.116. The zero-order valence-corrected chi connectivity index (χ0v) is 42.3. The molecule has 0 fully saturated rings. The average Bonchev–Trinajstić information content (AvgIpc) is 3.16. The lowest BCUT2D eigenvalue weighted by molar-refractivity contribution is -0.145. The monoisotopic (exact) mass is 916 g/mol. The minimum atomic E-state index is -1.06. The lowest BCUT2D eigenvalue weighted by atomic mass is 9.78. The van der Waals surface area contributed by atoms with E-state index < -0.39 is 40.7 Å². The van der Waals surface area contributed by atoms with Crippen LogP contribution in [0, 0.1) is 0 Å². The number of aliphatic hydroxyl groups is 2. The Morgan fingerprint density at radius 3 is 1.55 bits per heavy atom. The first-order valence-electron chi connectivity index (χ1n) is 22.7. The highest BCUT2D eigenvalue weighted by molar-refractivity contribution is 5.79. The van der Waals surface area contributed by atoms with E-state index in [1.807, 2.05) is 77.9 Å². The predicted molar refractivity (Wildman–Crippen MR) is 251 cm³/mol. The number of carbonyl (C=O) groups is 5. The van der Waals surface area contributed by atoms with Crippen molar-refractivity contribution in [2.75, 3.05) is 39.3 Å². The normalized spacial score (nSPS) is 17.8. The first-order chi connectivity index (χ1) is 30.0. The number of ketones is 1. The molecule has 368 valence electrons. The first kappa shape index (κ1) is 58.4. The highest BCUT2D eigenvalue weighted by Gasteiger charge is 2.44. The molecule has 1 amide bonds. The number of Topliss-reactive ketones (excluding diaryl/α,β-unsaturated/α-hetero) is 1. The summed E-state index contributed by atoms with van der Waals surface area (Å²) in [5.41, 5.74) is 3.01. The van der Waals surface area contributed by atoms with E-state index in [4.69, 9.17) is 18.9 Å². The van der Waals surface area contributed by atoms with Gasteiger partial charge in [0, 0.05) is 19.5 Å². The van der Waals surface area contributed by atoms with Gasteiger partial charge in [-0.05, 0) is 156 Å². The summed E-state index contributed by atoms with van der Waals surface area (Å²) < 4.78 is 24.4. The Labute approximate surface area is 388 Å². The second-order valence-corrected chi connectivity index (χ2v) is 19.5. The summed E-state index contributed by atoms with van der Waals surface area (Å²) in [4.78, 5) is 62.4. The summed E-state index contributed by atoms with van der Waals surface area (Å²) >= 11 is 0. The third kappa shape index (κ3) is 20.6. The molecule has 15 heteroatoms. The van der Waals surface area contributed by atoms with Gasteiger partial charge in [-0.15, -0.1) is 0 Å². The van der Waals surface area contributed by atoms with Crippen LogP contribution in [0.15, 0.2) is 36.4 Å². The summed E-state index contributed by atoms with van der Waals surface area (Å²) in [7, 11) is 0. The number of nitrogens with one attached hydrogen (secondary N) is 1. The second kappa shape index (κ2) is 25.9. The minimum Gasteiger partial charge on any atom is -0.466 e. The van der Waals surface area contributed by atoms with E-state index in [0.717, 1.165) is 40.8 Å². The van der Waals surface area contributed by atoms with Crippen LogP contribution in [0.4, 0.5) is 14.4 Å². The van der Waals surface area contributed by atoms with Crippen molar-refractivity contribution in [3.8, 4) is 0 Å². The standard InChI is InChI=1S/C19H27NO4.C15H21NO3.C10H18O5.C6H15N/c1-13(22)11-19(5)16-7-6-14(12-21)10-15(16)8-9-20(19)17(23)24-18(2,3)4;1-3-19-14(18)9-15(2)13-5-4-11(10-17)8-12(13)6-7-16-15;1-9(2,3)14-7(11)13-8(12)15-10(4,5)6;1-4-7(5-2)6-3/h6-7,10,21H,8-9,11-12H2,1-5H3;4-5,8,16-17H,3,6-7,9-10H2,1-2H3;1-6H3;4-6H2,1-3H3. The maximum absolute atomic E-state index is 12.7. The first-order valence-corrected chi connectivity index (χ1v) is 22.7. The Hall–Kier alpha value is -4.57. The van der Waals surface area contributed by atoms with E-state index in [1.54, 1.807) is 46.4 Å². The van der Waals surface area contributed by atoms with E-state index in [2.05, 4.69) is 35.7 Å². The van der Waals surface area contributed by atoms with Gasteiger partial charge in [-0.25, -0.2) is 14.4 Å². The fraction of sp³-hybridized carbons (Fsp3) is 0.660. The number of hydrogen-bond acceptors (Lipinski definition) is 14. The smallest absolute Gasteiger partial charge is 0.466 e. The van der Waals surface area contributed by atoms with Crippen molar-refractivity contribution in [1.29, 1.82) is 0 Å². The Bertz CT molecular complexity index is 1830. The van der Waals surface area contributed by atoms with Crippen molar-refractivity contribution in [2.45, 2.75) is 178 Å². The molecule has 2 aromatic carbocycles. The van der Waals surface area contributed by atoms with Crippen molar-refractivity contribution in [1.82, 2.24) is 15.1 Å². The highest BCUT2D eigenvalue weighted by atomic mass is 16.8. The van der Waals surface area contributed by atoms with Gasteiger partial charge < -0.3 is 44.1 Å². The van der Waals surface area contributed by atoms with Gasteiger partial charge in [0.1, 0.15) is 22.6 Å². The topological polar surface area (TPSA) is 190 Å². The molecule has 0 radical (unpaired) electrons. The van der Waals surface area contributed by atoms with Gasteiger partial charge in [0.2, 0.25) is 0 Å². The maximum Gasteiger partial charge on any atom is 0.519 e. The molecule has 2 heterocycles. The van der Waals surface area contributed by atoms with Crippen molar-refractivity contribution in [3.05, 3.63) is 69.8 Å². The van der Waals surface area contributed by atoms with Crippen LogP contribution in [0.2, 0.25) is 0 Å². The van der Waals surface area contributed by atoms with Crippen LogP contribution >= 0.6 is 0 Å². The van der Waals surface area contributed by atoms with Crippen molar-refractivity contribution >= 4 is 30.2 Å². The van der Waals surface area contributed by atoms with Crippen molar-refractivity contribution in [3.63, 3.8) is 0 Å². The van der Waals surface area contributed by atoms with Crippen molar-refractivity contribution < 1.29 is 57.9 Å². The Balaban J connectivity index is 0.000000464. The summed E-state index contributed by atoms with van der Waals surface area (Å²) in [5, 5.41) is 22.0. The molecular formula is C50H81N3O12. The van der Waals surface area contributed by atoms with Gasteiger partial charge in [-0.1, -0.05) is 57.2 Å². The zero-order valence-electron chi connectivity index (χ0n) is 42.3. The molecule has 0 aliphatic carbocycles. The van der Waals surface area contributed by atoms with E-state index in [9.17, 15) is 34.2 Å². The molecule has 2 unspecified atom stereocenters. The predicted octanol–water partition coefficient (Wildman–Crippen LogP) is 8.88.